The molecule has 20 heavy (non-hydrogen) atoms. The van der Waals surface area contributed by atoms with Crippen molar-refractivity contribution in [3.05, 3.63) is 36.0 Å². The van der Waals surface area contributed by atoms with Crippen LogP contribution in [0, 0.1) is 0 Å². The van der Waals surface area contributed by atoms with Gasteiger partial charge in [-0.25, -0.2) is 4.79 Å². The number of hydrogen-bond acceptors (Lipinski definition) is 2. The zero-order valence-corrected chi connectivity index (χ0v) is 11.8. The van der Waals surface area contributed by atoms with Crippen molar-refractivity contribution in [1.82, 2.24) is 9.88 Å². The number of likely N-dealkylation sites (N-methyl/N-ethyl adjacent to an activating group) is 1. The highest BCUT2D eigenvalue weighted by atomic mass is 16.4. The van der Waals surface area contributed by atoms with E-state index < -0.39 is 11.5 Å². The molecule has 0 bridgehead atoms. The number of benzene rings is 1. The van der Waals surface area contributed by atoms with Crippen LogP contribution in [0.3, 0.4) is 0 Å². The summed E-state index contributed by atoms with van der Waals surface area (Å²) in [7, 11) is 0. The molecule has 1 aromatic heterocycles. The summed E-state index contributed by atoms with van der Waals surface area (Å²) in [5.41, 5.74) is 0.112. The number of fused-ring (bicyclic) bond motifs is 1. The standard InChI is InChI=1S/C15H18N2O3/c1-4-17(15(2,3)14(19)20)13(18)11-9-16-12-8-6-5-7-10(11)12/h5-9,16H,4H2,1-3H3,(H,19,20). The number of carbonyl (C=O) groups excluding carboxylic acids is 1. The summed E-state index contributed by atoms with van der Waals surface area (Å²) in [5.74, 6) is -1.30. The van der Waals surface area contributed by atoms with Crippen LogP contribution in [-0.4, -0.2) is 39.0 Å². The van der Waals surface area contributed by atoms with Gasteiger partial charge in [-0.1, -0.05) is 18.2 Å². The Morgan fingerprint density at radius 2 is 1.95 bits per heavy atom. The van der Waals surface area contributed by atoms with Crippen LogP contribution in [-0.2, 0) is 4.79 Å². The van der Waals surface area contributed by atoms with Crippen molar-refractivity contribution >= 4 is 22.8 Å². The molecule has 0 radical (unpaired) electrons. The first kappa shape index (κ1) is 14.1. The minimum absolute atomic E-state index is 0.280. The minimum atomic E-state index is -1.25. The van der Waals surface area contributed by atoms with Crippen molar-refractivity contribution in [2.75, 3.05) is 6.54 Å². The molecule has 2 rings (SSSR count). The van der Waals surface area contributed by atoms with Crippen LogP contribution in [0.1, 0.15) is 31.1 Å². The molecule has 2 aromatic rings. The predicted octanol–water partition coefficient (Wildman–Crippen LogP) is 2.49. The van der Waals surface area contributed by atoms with E-state index in [-0.39, 0.29) is 5.91 Å². The van der Waals surface area contributed by atoms with Crippen molar-refractivity contribution in [3.63, 3.8) is 0 Å². The summed E-state index contributed by atoms with van der Waals surface area (Å²) in [5, 5.41) is 10.1. The maximum atomic E-state index is 12.6. The van der Waals surface area contributed by atoms with Crippen LogP contribution >= 0.6 is 0 Å². The van der Waals surface area contributed by atoms with Crippen LogP contribution in [0.25, 0.3) is 10.9 Å². The van der Waals surface area contributed by atoms with Crippen molar-refractivity contribution in [3.8, 4) is 0 Å². The third kappa shape index (κ3) is 2.15. The zero-order chi connectivity index (χ0) is 14.9. The number of nitrogens with one attached hydrogen (secondary N) is 1. The lowest BCUT2D eigenvalue weighted by Crippen LogP contribution is -2.52. The molecule has 1 heterocycles. The van der Waals surface area contributed by atoms with E-state index in [0.29, 0.717) is 12.1 Å². The molecule has 0 unspecified atom stereocenters. The van der Waals surface area contributed by atoms with E-state index in [4.69, 9.17) is 0 Å². The van der Waals surface area contributed by atoms with Crippen LogP contribution in [0.15, 0.2) is 30.5 Å². The van der Waals surface area contributed by atoms with Crippen molar-refractivity contribution < 1.29 is 14.7 Å². The van der Waals surface area contributed by atoms with Gasteiger partial charge in [0.15, 0.2) is 0 Å². The third-order valence-electron chi connectivity index (χ3n) is 3.58. The van der Waals surface area contributed by atoms with Crippen molar-refractivity contribution in [2.45, 2.75) is 26.3 Å². The molecule has 0 saturated heterocycles. The fourth-order valence-electron chi connectivity index (χ4n) is 2.30. The Bertz CT molecular complexity index is 658. The molecule has 0 saturated carbocycles. The van der Waals surface area contributed by atoms with Crippen LogP contribution in [0.5, 0.6) is 0 Å². The van der Waals surface area contributed by atoms with Gasteiger partial charge in [-0.3, -0.25) is 4.79 Å². The summed E-state index contributed by atoms with van der Waals surface area (Å²) in [6.07, 6.45) is 1.63. The SMILES string of the molecule is CCN(C(=O)c1c[nH]c2ccccc12)C(C)(C)C(=O)O. The molecule has 5 nitrogen and oxygen atoms in total. The zero-order valence-electron chi connectivity index (χ0n) is 11.8. The number of aromatic nitrogens is 1. The highest BCUT2D eigenvalue weighted by Crippen LogP contribution is 2.23. The maximum Gasteiger partial charge on any atom is 0.329 e. The molecule has 1 aromatic carbocycles. The first-order valence-corrected chi connectivity index (χ1v) is 6.51. The number of nitrogens with zero attached hydrogens (tertiary/aromatic N) is 1. The molecule has 2 N–H and O–H groups in total. The molecule has 1 amide bonds. The molecule has 0 atom stereocenters. The Morgan fingerprint density at radius 1 is 1.30 bits per heavy atom. The summed E-state index contributed by atoms with van der Waals surface area (Å²) in [6, 6.07) is 7.46. The summed E-state index contributed by atoms with van der Waals surface area (Å²) in [6.45, 7) is 5.17. The fraction of sp³-hybridized carbons (Fsp3) is 0.333. The minimum Gasteiger partial charge on any atom is -0.480 e. The monoisotopic (exact) mass is 274 g/mol. The number of hydrogen-bond donors (Lipinski definition) is 2. The molecule has 0 spiro atoms. The van der Waals surface area contributed by atoms with Gasteiger partial charge in [0.2, 0.25) is 0 Å². The van der Waals surface area contributed by atoms with Crippen LogP contribution in [0.2, 0.25) is 0 Å². The normalized spacial score (nSPS) is 11.6. The molecule has 5 heteroatoms. The number of para-hydroxylation sites is 1. The lowest BCUT2D eigenvalue weighted by molar-refractivity contribution is -0.147. The lowest BCUT2D eigenvalue weighted by atomic mass is 10.0. The number of H-pyrrole nitrogens is 1. The van der Waals surface area contributed by atoms with Gasteiger partial charge in [-0.05, 0) is 26.8 Å². The summed E-state index contributed by atoms with van der Waals surface area (Å²) >= 11 is 0. The number of carboxylic acid groups (broad SMARTS) is 1. The second kappa shape index (κ2) is 5.00. The number of aromatic amines is 1. The van der Waals surface area contributed by atoms with E-state index in [1.807, 2.05) is 24.3 Å². The average molecular weight is 274 g/mol. The molecular weight excluding hydrogens is 256 g/mol. The Labute approximate surface area is 117 Å². The molecule has 106 valence electrons. The third-order valence-corrected chi connectivity index (χ3v) is 3.58. The molecular formula is C15H18N2O3. The molecule has 0 aliphatic heterocycles. The summed E-state index contributed by atoms with van der Waals surface area (Å²) in [4.78, 5) is 28.4. The molecule has 0 fully saturated rings. The second-order valence-corrected chi connectivity index (χ2v) is 5.16. The van der Waals surface area contributed by atoms with Gasteiger partial charge in [-0.15, -0.1) is 0 Å². The van der Waals surface area contributed by atoms with E-state index >= 15 is 0 Å². The van der Waals surface area contributed by atoms with Gasteiger partial charge in [0, 0.05) is 23.6 Å². The molecule has 0 aliphatic carbocycles. The van der Waals surface area contributed by atoms with Crippen LogP contribution < -0.4 is 0 Å². The van der Waals surface area contributed by atoms with E-state index in [0.717, 1.165) is 10.9 Å². The predicted molar refractivity (Wildman–Crippen MR) is 76.7 cm³/mol. The first-order valence-electron chi connectivity index (χ1n) is 6.51. The first-order chi connectivity index (χ1) is 9.39. The van der Waals surface area contributed by atoms with E-state index in [9.17, 15) is 14.7 Å². The smallest absolute Gasteiger partial charge is 0.329 e. The fourth-order valence-corrected chi connectivity index (χ4v) is 2.30. The van der Waals surface area contributed by atoms with Gasteiger partial charge >= 0.3 is 5.97 Å². The van der Waals surface area contributed by atoms with Gasteiger partial charge in [0.05, 0.1) is 5.56 Å². The Morgan fingerprint density at radius 3 is 2.55 bits per heavy atom. The van der Waals surface area contributed by atoms with E-state index in [2.05, 4.69) is 4.98 Å². The van der Waals surface area contributed by atoms with Gasteiger partial charge < -0.3 is 15.0 Å². The maximum absolute atomic E-state index is 12.6. The molecule has 0 aliphatic rings. The number of aliphatic carboxylic acids is 1. The Kier molecular flexibility index (Phi) is 3.53. The Balaban J connectivity index is 2.46. The lowest BCUT2D eigenvalue weighted by Gasteiger charge is -2.34. The number of rotatable bonds is 4. The quantitative estimate of drug-likeness (QED) is 0.899. The van der Waals surface area contributed by atoms with Crippen LogP contribution in [0.4, 0.5) is 0 Å². The number of carbonyl (C=O) groups is 2. The highest BCUT2D eigenvalue weighted by molar-refractivity contribution is 6.08. The van der Waals surface area contributed by atoms with E-state index in [1.165, 1.54) is 18.7 Å². The largest absolute Gasteiger partial charge is 0.480 e. The highest BCUT2D eigenvalue weighted by Gasteiger charge is 2.37. The van der Waals surface area contributed by atoms with Crippen molar-refractivity contribution in [1.29, 1.82) is 0 Å². The van der Waals surface area contributed by atoms with Gasteiger partial charge in [0.25, 0.3) is 5.91 Å². The number of carboxylic acids is 1. The number of amides is 1. The average Bonchev–Trinajstić information content (AvgIpc) is 2.82. The summed E-state index contributed by atoms with van der Waals surface area (Å²) < 4.78 is 0. The second-order valence-electron chi connectivity index (χ2n) is 5.16. The topological polar surface area (TPSA) is 73.4 Å². The van der Waals surface area contributed by atoms with Gasteiger partial charge in [-0.2, -0.15) is 0 Å². The van der Waals surface area contributed by atoms with Crippen molar-refractivity contribution in [2.24, 2.45) is 0 Å². The van der Waals surface area contributed by atoms with E-state index in [1.54, 1.807) is 13.1 Å². The van der Waals surface area contributed by atoms with Gasteiger partial charge in [0.1, 0.15) is 5.54 Å². The Hall–Kier alpha value is -2.30.